The van der Waals surface area contributed by atoms with E-state index in [4.69, 9.17) is 4.74 Å². The molecule has 0 atom stereocenters. The molecule has 0 radical (unpaired) electrons. The van der Waals surface area contributed by atoms with Crippen molar-refractivity contribution in [1.82, 2.24) is 9.47 Å². The fourth-order valence-electron chi connectivity index (χ4n) is 2.10. The van der Waals surface area contributed by atoms with Crippen LogP contribution < -0.4 is 5.43 Å². The van der Waals surface area contributed by atoms with E-state index in [1.165, 1.54) is 12.3 Å². The average Bonchev–Trinajstić information content (AvgIpc) is 2.45. The topological polar surface area (TPSA) is 54.7 Å². The summed E-state index contributed by atoms with van der Waals surface area (Å²) in [6.07, 6.45) is 2.40. The molecule has 0 unspecified atom stereocenters. The lowest BCUT2D eigenvalue weighted by atomic mass is 10.2. The third-order valence-electron chi connectivity index (χ3n) is 3.37. The standard InChI is InChI=1S/C15H26N2O3/c1-4-16(5-2)11-13-10-14(18)15(19)12-17(13)8-7-9-20-6-3/h10,12,19H,4-9,11H2,1-3H3. The Morgan fingerprint density at radius 3 is 2.60 bits per heavy atom. The van der Waals surface area contributed by atoms with Crippen molar-refractivity contribution in [2.24, 2.45) is 0 Å². The van der Waals surface area contributed by atoms with E-state index in [2.05, 4.69) is 18.7 Å². The van der Waals surface area contributed by atoms with Crippen LogP contribution in [0.3, 0.4) is 0 Å². The van der Waals surface area contributed by atoms with Crippen LogP contribution in [-0.4, -0.2) is 40.9 Å². The smallest absolute Gasteiger partial charge is 0.223 e. The van der Waals surface area contributed by atoms with Crippen LogP contribution >= 0.6 is 0 Å². The number of rotatable bonds is 9. The van der Waals surface area contributed by atoms with Crippen LogP contribution in [0.15, 0.2) is 17.1 Å². The Hall–Kier alpha value is -1.33. The van der Waals surface area contributed by atoms with E-state index in [0.717, 1.165) is 38.3 Å². The van der Waals surface area contributed by atoms with Gasteiger partial charge in [-0.15, -0.1) is 0 Å². The van der Waals surface area contributed by atoms with Crippen molar-refractivity contribution in [3.05, 3.63) is 28.2 Å². The second-order valence-electron chi connectivity index (χ2n) is 4.72. The normalized spacial score (nSPS) is 11.2. The van der Waals surface area contributed by atoms with Crippen molar-refractivity contribution in [3.8, 4) is 5.75 Å². The van der Waals surface area contributed by atoms with Crippen LogP contribution in [-0.2, 0) is 17.8 Å². The minimum Gasteiger partial charge on any atom is -0.503 e. The maximum absolute atomic E-state index is 11.6. The van der Waals surface area contributed by atoms with Gasteiger partial charge in [0.15, 0.2) is 5.75 Å². The minimum absolute atomic E-state index is 0.190. The van der Waals surface area contributed by atoms with Gasteiger partial charge in [-0.2, -0.15) is 0 Å². The van der Waals surface area contributed by atoms with Gasteiger partial charge in [0.2, 0.25) is 5.43 Å². The fraction of sp³-hybridized carbons (Fsp3) is 0.667. The highest BCUT2D eigenvalue weighted by molar-refractivity contribution is 5.20. The number of hydrogen-bond acceptors (Lipinski definition) is 4. The highest BCUT2D eigenvalue weighted by Gasteiger charge is 2.09. The van der Waals surface area contributed by atoms with Crippen molar-refractivity contribution in [3.63, 3.8) is 0 Å². The molecule has 20 heavy (non-hydrogen) atoms. The molecule has 0 spiro atoms. The van der Waals surface area contributed by atoms with Crippen LogP contribution in [0.25, 0.3) is 0 Å². The maximum Gasteiger partial charge on any atom is 0.223 e. The minimum atomic E-state index is -0.312. The van der Waals surface area contributed by atoms with Crippen LogP contribution in [0.4, 0.5) is 0 Å². The summed E-state index contributed by atoms with van der Waals surface area (Å²) in [5.74, 6) is -0.190. The number of aromatic nitrogens is 1. The monoisotopic (exact) mass is 282 g/mol. The molecule has 5 nitrogen and oxygen atoms in total. The molecule has 114 valence electrons. The first-order valence-electron chi connectivity index (χ1n) is 7.34. The van der Waals surface area contributed by atoms with Gasteiger partial charge in [0.05, 0.1) is 6.20 Å². The lowest BCUT2D eigenvalue weighted by Gasteiger charge is -2.21. The zero-order valence-electron chi connectivity index (χ0n) is 12.8. The van der Waals surface area contributed by atoms with Crippen molar-refractivity contribution < 1.29 is 9.84 Å². The quantitative estimate of drug-likeness (QED) is 0.702. The summed E-state index contributed by atoms with van der Waals surface area (Å²) in [6.45, 7) is 10.9. The molecule has 0 bridgehead atoms. The first-order chi connectivity index (χ1) is 9.62. The van der Waals surface area contributed by atoms with Gasteiger partial charge in [-0.25, -0.2) is 0 Å². The van der Waals surface area contributed by atoms with Gasteiger partial charge in [-0.1, -0.05) is 13.8 Å². The summed E-state index contributed by atoms with van der Waals surface area (Å²) in [5, 5.41) is 9.60. The molecule has 1 rings (SSSR count). The highest BCUT2D eigenvalue weighted by atomic mass is 16.5. The predicted molar refractivity (Wildman–Crippen MR) is 80.1 cm³/mol. The summed E-state index contributed by atoms with van der Waals surface area (Å²) < 4.78 is 7.28. The highest BCUT2D eigenvalue weighted by Crippen LogP contribution is 2.09. The summed E-state index contributed by atoms with van der Waals surface area (Å²) in [6, 6.07) is 1.54. The zero-order valence-corrected chi connectivity index (χ0v) is 12.8. The number of aromatic hydroxyl groups is 1. The van der Waals surface area contributed by atoms with E-state index >= 15 is 0 Å². The van der Waals surface area contributed by atoms with Gasteiger partial charge < -0.3 is 14.4 Å². The van der Waals surface area contributed by atoms with Crippen LogP contribution in [0, 0.1) is 0 Å². The molecule has 0 aliphatic rings. The molecule has 0 aromatic carbocycles. The largest absolute Gasteiger partial charge is 0.503 e. The van der Waals surface area contributed by atoms with Gasteiger partial charge >= 0.3 is 0 Å². The zero-order chi connectivity index (χ0) is 15.0. The Balaban J connectivity index is 2.83. The molecule has 0 fully saturated rings. The molecule has 5 heteroatoms. The van der Waals surface area contributed by atoms with E-state index in [-0.39, 0.29) is 11.2 Å². The van der Waals surface area contributed by atoms with Gasteiger partial charge in [0.25, 0.3) is 0 Å². The lowest BCUT2D eigenvalue weighted by molar-refractivity contribution is 0.141. The summed E-state index contributed by atoms with van der Waals surface area (Å²) in [4.78, 5) is 13.9. The first kappa shape index (κ1) is 16.7. The average molecular weight is 282 g/mol. The van der Waals surface area contributed by atoms with Gasteiger partial charge in [-0.05, 0) is 26.4 Å². The number of pyridine rings is 1. The molecule has 0 saturated carbocycles. The summed E-state index contributed by atoms with van der Waals surface area (Å²) in [5.41, 5.74) is 0.626. The molecule has 1 N–H and O–H groups in total. The second-order valence-corrected chi connectivity index (χ2v) is 4.72. The van der Waals surface area contributed by atoms with E-state index in [0.29, 0.717) is 13.2 Å². The number of ether oxygens (including phenoxy) is 1. The van der Waals surface area contributed by atoms with E-state index in [9.17, 15) is 9.90 Å². The summed E-state index contributed by atoms with van der Waals surface area (Å²) >= 11 is 0. The van der Waals surface area contributed by atoms with Crippen molar-refractivity contribution in [2.45, 2.75) is 40.3 Å². The lowest BCUT2D eigenvalue weighted by Crippen LogP contribution is -2.26. The van der Waals surface area contributed by atoms with Crippen molar-refractivity contribution in [1.29, 1.82) is 0 Å². The summed E-state index contributed by atoms with van der Waals surface area (Å²) in [7, 11) is 0. The Kier molecular flexibility index (Phi) is 7.33. The van der Waals surface area contributed by atoms with E-state index in [1.54, 1.807) is 0 Å². The Morgan fingerprint density at radius 2 is 2.00 bits per heavy atom. The predicted octanol–water partition coefficient (Wildman–Crippen LogP) is 1.82. The maximum atomic E-state index is 11.6. The van der Waals surface area contributed by atoms with E-state index in [1.807, 2.05) is 11.5 Å². The molecule has 0 aliphatic heterocycles. The molecule has 0 aliphatic carbocycles. The molecule has 0 amide bonds. The Morgan fingerprint density at radius 1 is 1.30 bits per heavy atom. The molecule has 1 aromatic heterocycles. The molecular weight excluding hydrogens is 256 g/mol. The Bertz CT molecular complexity index is 453. The first-order valence-corrected chi connectivity index (χ1v) is 7.34. The number of nitrogens with zero attached hydrogens (tertiary/aromatic N) is 2. The second kappa shape index (κ2) is 8.76. The molecule has 0 saturated heterocycles. The molecular formula is C15H26N2O3. The third-order valence-corrected chi connectivity index (χ3v) is 3.37. The van der Waals surface area contributed by atoms with Gasteiger partial charge in [0, 0.05) is 38.1 Å². The van der Waals surface area contributed by atoms with Crippen molar-refractivity contribution in [2.75, 3.05) is 26.3 Å². The van der Waals surface area contributed by atoms with Crippen LogP contribution in [0.5, 0.6) is 5.75 Å². The third kappa shape index (κ3) is 4.98. The SMILES string of the molecule is CCOCCCn1cc(O)c(=O)cc1CN(CC)CC. The number of hydrogen-bond donors (Lipinski definition) is 1. The molecule has 1 heterocycles. The Labute approximate surface area is 120 Å². The fourth-order valence-corrected chi connectivity index (χ4v) is 2.10. The van der Waals surface area contributed by atoms with Crippen LogP contribution in [0.1, 0.15) is 32.9 Å². The van der Waals surface area contributed by atoms with Gasteiger partial charge in [-0.3, -0.25) is 9.69 Å². The van der Waals surface area contributed by atoms with Crippen LogP contribution in [0.2, 0.25) is 0 Å². The van der Waals surface area contributed by atoms with Crippen molar-refractivity contribution >= 4 is 0 Å². The van der Waals surface area contributed by atoms with Gasteiger partial charge in [0.1, 0.15) is 0 Å². The number of aryl methyl sites for hydroxylation is 1. The molecule has 1 aromatic rings. The van der Waals surface area contributed by atoms with E-state index < -0.39 is 0 Å².